The lowest BCUT2D eigenvalue weighted by molar-refractivity contribution is -0.116. The van der Waals surface area contributed by atoms with Crippen molar-refractivity contribution in [2.45, 2.75) is 45.8 Å². The highest BCUT2D eigenvalue weighted by Gasteiger charge is 2.26. The molecule has 1 unspecified atom stereocenters. The first kappa shape index (κ1) is 25.1. The molecule has 0 radical (unpaired) electrons. The molecule has 33 heavy (non-hydrogen) atoms. The minimum Gasteiger partial charge on any atom is -0.377 e. The summed E-state index contributed by atoms with van der Waals surface area (Å²) in [6, 6.07) is 13.0. The minimum absolute atomic E-state index is 0.00757. The van der Waals surface area contributed by atoms with Crippen molar-refractivity contribution in [3.63, 3.8) is 0 Å². The van der Waals surface area contributed by atoms with Crippen molar-refractivity contribution in [2.75, 3.05) is 37.5 Å². The first-order chi connectivity index (χ1) is 15.7. The van der Waals surface area contributed by atoms with Gasteiger partial charge in [-0.15, -0.1) is 0 Å². The molecule has 0 aromatic heterocycles. The number of anilines is 2. The van der Waals surface area contributed by atoms with E-state index in [4.69, 9.17) is 16.3 Å². The van der Waals surface area contributed by atoms with E-state index in [2.05, 4.69) is 5.32 Å². The van der Waals surface area contributed by atoms with Crippen molar-refractivity contribution < 1.29 is 14.3 Å². The van der Waals surface area contributed by atoms with Crippen molar-refractivity contribution in [2.24, 2.45) is 5.92 Å². The van der Waals surface area contributed by atoms with Crippen molar-refractivity contribution in [3.8, 4) is 0 Å². The Hall–Kier alpha value is -2.57. The van der Waals surface area contributed by atoms with Crippen LogP contribution in [0.15, 0.2) is 42.5 Å². The summed E-state index contributed by atoms with van der Waals surface area (Å²) >= 11 is 6.35. The van der Waals surface area contributed by atoms with Crippen LogP contribution in [0.3, 0.4) is 0 Å². The molecule has 2 aromatic carbocycles. The van der Waals surface area contributed by atoms with E-state index in [9.17, 15) is 9.59 Å². The van der Waals surface area contributed by atoms with Gasteiger partial charge in [0.15, 0.2) is 0 Å². The molecule has 1 aliphatic heterocycles. The molecule has 0 aliphatic carbocycles. The van der Waals surface area contributed by atoms with Gasteiger partial charge in [0.05, 0.1) is 16.7 Å². The molecule has 1 fully saturated rings. The number of ether oxygens (including phenoxy) is 1. The van der Waals surface area contributed by atoms with Crippen LogP contribution in [0.25, 0.3) is 0 Å². The molecule has 1 heterocycles. The lowest BCUT2D eigenvalue weighted by Crippen LogP contribution is -2.37. The molecule has 2 aromatic rings. The normalized spacial score (nSPS) is 15.5. The summed E-state index contributed by atoms with van der Waals surface area (Å²) in [5.74, 6) is 0.132. The van der Waals surface area contributed by atoms with E-state index in [0.29, 0.717) is 30.1 Å². The van der Waals surface area contributed by atoms with Gasteiger partial charge < -0.3 is 19.9 Å². The SMILES string of the molecule is CC(C)CC(=O)Nc1ccc(N(C)C)c(CN(CC2CCCO2)C(=O)c2ccccc2Cl)c1. The number of rotatable bonds is 9. The standard InChI is InChI=1S/C26H34ClN3O3/c1-18(2)14-25(31)28-20-11-12-24(29(3)4)19(15-20)16-30(17-21-8-7-13-33-21)26(32)22-9-5-6-10-23(22)27/h5-6,9-12,15,18,21H,7-8,13-14,16-17H2,1-4H3,(H,28,31). The van der Waals surface area contributed by atoms with Crippen LogP contribution in [0.2, 0.25) is 5.02 Å². The molecule has 1 N–H and O–H groups in total. The lowest BCUT2D eigenvalue weighted by Gasteiger charge is -2.28. The largest absolute Gasteiger partial charge is 0.377 e. The van der Waals surface area contributed by atoms with Crippen LogP contribution >= 0.6 is 11.6 Å². The van der Waals surface area contributed by atoms with Gasteiger partial charge in [0, 0.05) is 51.6 Å². The van der Waals surface area contributed by atoms with Gasteiger partial charge in [0.1, 0.15) is 0 Å². The molecule has 2 amide bonds. The zero-order valence-electron chi connectivity index (χ0n) is 19.9. The Morgan fingerprint density at radius 2 is 1.94 bits per heavy atom. The van der Waals surface area contributed by atoms with Crippen molar-refractivity contribution >= 4 is 34.8 Å². The van der Waals surface area contributed by atoms with Gasteiger partial charge in [0.25, 0.3) is 5.91 Å². The van der Waals surface area contributed by atoms with E-state index in [-0.39, 0.29) is 23.8 Å². The van der Waals surface area contributed by atoms with Crippen molar-refractivity contribution in [1.29, 1.82) is 0 Å². The van der Waals surface area contributed by atoms with Crippen LogP contribution in [-0.2, 0) is 16.1 Å². The predicted octanol–water partition coefficient (Wildman–Crippen LogP) is 5.21. The molecule has 1 aliphatic rings. The van der Waals surface area contributed by atoms with Crippen LogP contribution < -0.4 is 10.2 Å². The van der Waals surface area contributed by atoms with E-state index < -0.39 is 0 Å². The fraction of sp³-hybridized carbons (Fsp3) is 0.462. The summed E-state index contributed by atoms with van der Waals surface area (Å²) < 4.78 is 5.83. The summed E-state index contributed by atoms with van der Waals surface area (Å²) in [4.78, 5) is 29.7. The molecule has 0 bridgehead atoms. The number of halogens is 1. The molecule has 7 heteroatoms. The van der Waals surface area contributed by atoms with Crippen LogP contribution in [0.5, 0.6) is 0 Å². The first-order valence-electron chi connectivity index (χ1n) is 11.5. The van der Waals surface area contributed by atoms with Gasteiger partial charge >= 0.3 is 0 Å². The average molecular weight is 472 g/mol. The van der Waals surface area contributed by atoms with Crippen LogP contribution in [0.4, 0.5) is 11.4 Å². The maximum Gasteiger partial charge on any atom is 0.255 e. The Morgan fingerprint density at radius 1 is 1.18 bits per heavy atom. The number of carbonyl (C=O) groups excluding carboxylic acids is 2. The lowest BCUT2D eigenvalue weighted by atomic mass is 10.1. The number of amides is 2. The molecule has 0 spiro atoms. The van der Waals surface area contributed by atoms with Crippen molar-refractivity contribution in [3.05, 3.63) is 58.6 Å². The second kappa shape index (κ2) is 11.5. The fourth-order valence-corrected chi connectivity index (χ4v) is 4.29. The van der Waals surface area contributed by atoms with Gasteiger partial charge in [0.2, 0.25) is 5.91 Å². The van der Waals surface area contributed by atoms with Crippen LogP contribution in [0, 0.1) is 5.92 Å². The highest BCUT2D eigenvalue weighted by molar-refractivity contribution is 6.33. The Labute approximate surface area is 201 Å². The molecule has 1 atom stereocenters. The van der Waals surface area contributed by atoms with E-state index in [1.807, 2.05) is 63.2 Å². The molecule has 6 nitrogen and oxygen atoms in total. The molecular formula is C26H34ClN3O3. The summed E-state index contributed by atoms with van der Waals surface area (Å²) in [7, 11) is 3.94. The highest BCUT2D eigenvalue weighted by Crippen LogP contribution is 2.27. The molecule has 1 saturated heterocycles. The number of carbonyl (C=O) groups is 2. The minimum atomic E-state index is -0.130. The van der Waals surface area contributed by atoms with Gasteiger partial charge in [-0.25, -0.2) is 0 Å². The average Bonchev–Trinajstić information content (AvgIpc) is 3.25. The Balaban J connectivity index is 1.90. The van der Waals surface area contributed by atoms with Gasteiger partial charge in [-0.05, 0) is 54.7 Å². The monoisotopic (exact) mass is 471 g/mol. The third-order valence-electron chi connectivity index (χ3n) is 5.64. The molecule has 178 valence electrons. The predicted molar refractivity (Wildman–Crippen MR) is 134 cm³/mol. The smallest absolute Gasteiger partial charge is 0.255 e. The topological polar surface area (TPSA) is 61.9 Å². The zero-order valence-corrected chi connectivity index (χ0v) is 20.7. The molecule has 0 saturated carbocycles. The van der Waals surface area contributed by atoms with E-state index in [1.54, 1.807) is 17.0 Å². The van der Waals surface area contributed by atoms with E-state index in [0.717, 1.165) is 36.4 Å². The van der Waals surface area contributed by atoms with Crippen LogP contribution in [0.1, 0.15) is 49.0 Å². The van der Waals surface area contributed by atoms with Gasteiger partial charge in [-0.1, -0.05) is 37.6 Å². The Kier molecular flexibility index (Phi) is 8.75. The number of benzene rings is 2. The van der Waals surface area contributed by atoms with Crippen LogP contribution in [-0.4, -0.2) is 50.1 Å². The third-order valence-corrected chi connectivity index (χ3v) is 5.97. The number of nitrogens with one attached hydrogen (secondary N) is 1. The summed E-state index contributed by atoms with van der Waals surface area (Å²) in [5, 5.41) is 3.42. The number of hydrogen-bond acceptors (Lipinski definition) is 4. The Bertz CT molecular complexity index is 971. The first-order valence-corrected chi connectivity index (χ1v) is 11.9. The van der Waals surface area contributed by atoms with Gasteiger partial charge in [-0.3, -0.25) is 9.59 Å². The van der Waals surface area contributed by atoms with Gasteiger partial charge in [-0.2, -0.15) is 0 Å². The quantitative estimate of drug-likeness (QED) is 0.545. The second-order valence-electron chi connectivity index (χ2n) is 9.18. The molecular weight excluding hydrogens is 438 g/mol. The zero-order chi connectivity index (χ0) is 24.0. The maximum atomic E-state index is 13.5. The summed E-state index contributed by atoms with van der Waals surface area (Å²) in [5.41, 5.74) is 3.13. The van der Waals surface area contributed by atoms with E-state index >= 15 is 0 Å². The maximum absolute atomic E-state index is 13.5. The number of hydrogen-bond donors (Lipinski definition) is 1. The fourth-order valence-electron chi connectivity index (χ4n) is 4.07. The summed E-state index contributed by atoms with van der Waals surface area (Å²) in [6.45, 7) is 5.62. The van der Waals surface area contributed by atoms with Crippen molar-refractivity contribution in [1.82, 2.24) is 4.90 Å². The molecule has 3 rings (SSSR count). The van der Waals surface area contributed by atoms with E-state index in [1.165, 1.54) is 0 Å². The highest BCUT2D eigenvalue weighted by atomic mass is 35.5. The Morgan fingerprint density at radius 3 is 2.58 bits per heavy atom. The second-order valence-corrected chi connectivity index (χ2v) is 9.59. The summed E-state index contributed by atoms with van der Waals surface area (Å²) in [6.07, 6.45) is 2.39. The number of nitrogens with zero attached hydrogens (tertiary/aromatic N) is 2. The third kappa shape index (κ3) is 6.95.